The normalized spacial score (nSPS) is 31.1. The minimum atomic E-state index is 0.837. The molecular formula is C23H35I. The van der Waals surface area contributed by atoms with E-state index in [0.717, 1.165) is 23.7 Å². The Balaban J connectivity index is 1.40. The van der Waals surface area contributed by atoms with Crippen LogP contribution in [0.2, 0.25) is 0 Å². The van der Waals surface area contributed by atoms with Crippen molar-refractivity contribution in [2.45, 2.75) is 89.9 Å². The van der Waals surface area contributed by atoms with Gasteiger partial charge in [-0.1, -0.05) is 57.6 Å². The summed E-state index contributed by atoms with van der Waals surface area (Å²) in [4.78, 5) is 0. The van der Waals surface area contributed by atoms with Gasteiger partial charge in [0.15, 0.2) is 0 Å². The fourth-order valence-corrected chi connectivity index (χ4v) is 5.65. The molecule has 2 aliphatic carbocycles. The van der Waals surface area contributed by atoms with E-state index in [1.165, 1.54) is 80.6 Å². The lowest BCUT2D eigenvalue weighted by atomic mass is 9.68. The molecule has 0 nitrogen and oxygen atoms in total. The van der Waals surface area contributed by atoms with Crippen LogP contribution in [-0.2, 0) is 0 Å². The monoisotopic (exact) mass is 438 g/mol. The largest absolute Gasteiger partial charge is 0.0654 e. The van der Waals surface area contributed by atoms with Crippen LogP contribution in [0, 0.1) is 21.3 Å². The summed E-state index contributed by atoms with van der Waals surface area (Å²) in [6, 6.07) is 9.30. The van der Waals surface area contributed by atoms with Gasteiger partial charge in [-0.05, 0) is 102 Å². The van der Waals surface area contributed by atoms with E-state index in [1.807, 2.05) is 0 Å². The molecule has 0 saturated heterocycles. The molecule has 0 aliphatic heterocycles. The summed E-state index contributed by atoms with van der Waals surface area (Å²) in [7, 11) is 0. The Morgan fingerprint density at radius 2 is 1.38 bits per heavy atom. The summed E-state index contributed by atoms with van der Waals surface area (Å²) in [6.07, 6.45) is 17.8. The standard InChI is InChI=1S/C23H35I/c1-2-3-4-5-18-6-8-19(9-7-18)20-10-12-21(13-11-20)22-14-16-23(24)17-15-22/h14-21H,2-13H2,1H3. The molecule has 0 unspecified atom stereocenters. The molecule has 0 bridgehead atoms. The van der Waals surface area contributed by atoms with E-state index >= 15 is 0 Å². The summed E-state index contributed by atoms with van der Waals surface area (Å²) < 4.78 is 1.36. The molecule has 134 valence electrons. The van der Waals surface area contributed by atoms with Crippen molar-refractivity contribution in [1.82, 2.24) is 0 Å². The van der Waals surface area contributed by atoms with Crippen LogP contribution >= 0.6 is 22.6 Å². The molecule has 0 aromatic heterocycles. The third kappa shape index (κ3) is 5.22. The SMILES string of the molecule is CCCCCC1CCC(C2CCC(c3ccc(I)cc3)CC2)CC1. The number of hydrogen-bond donors (Lipinski definition) is 0. The van der Waals surface area contributed by atoms with Crippen LogP contribution in [0.1, 0.15) is 95.5 Å². The van der Waals surface area contributed by atoms with Gasteiger partial charge in [-0.25, -0.2) is 0 Å². The van der Waals surface area contributed by atoms with E-state index in [4.69, 9.17) is 0 Å². The van der Waals surface area contributed by atoms with Crippen LogP contribution in [0.3, 0.4) is 0 Å². The van der Waals surface area contributed by atoms with Crippen molar-refractivity contribution in [3.63, 3.8) is 0 Å². The molecule has 0 heterocycles. The Hall–Kier alpha value is -0.0500. The van der Waals surface area contributed by atoms with Crippen molar-refractivity contribution in [3.8, 4) is 0 Å². The summed E-state index contributed by atoms with van der Waals surface area (Å²) in [5.74, 6) is 4.01. The van der Waals surface area contributed by atoms with E-state index in [9.17, 15) is 0 Å². The number of rotatable bonds is 6. The van der Waals surface area contributed by atoms with Gasteiger partial charge in [0.2, 0.25) is 0 Å². The van der Waals surface area contributed by atoms with Crippen molar-refractivity contribution in [2.75, 3.05) is 0 Å². The van der Waals surface area contributed by atoms with E-state index in [-0.39, 0.29) is 0 Å². The summed E-state index contributed by atoms with van der Waals surface area (Å²) in [5.41, 5.74) is 1.59. The number of halogens is 1. The van der Waals surface area contributed by atoms with Gasteiger partial charge in [-0.2, -0.15) is 0 Å². The Labute approximate surface area is 163 Å². The Bertz CT molecular complexity index is 461. The smallest absolute Gasteiger partial charge is 0.0130 e. The third-order valence-electron chi connectivity index (χ3n) is 6.89. The average Bonchev–Trinajstić information content (AvgIpc) is 2.63. The van der Waals surface area contributed by atoms with Gasteiger partial charge in [0, 0.05) is 3.57 Å². The van der Waals surface area contributed by atoms with Crippen LogP contribution in [0.25, 0.3) is 0 Å². The third-order valence-corrected chi connectivity index (χ3v) is 7.61. The zero-order chi connectivity index (χ0) is 16.8. The van der Waals surface area contributed by atoms with Crippen molar-refractivity contribution in [1.29, 1.82) is 0 Å². The predicted octanol–water partition coefficient (Wildman–Crippen LogP) is 7.95. The Morgan fingerprint density at radius 3 is 1.96 bits per heavy atom. The van der Waals surface area contributed by atoms with E-state index in [2.05, 4.69) is 53.8 Å². The lowest BCUT2D eigenvalue weighted by molar-refractivity contribution is 0.155. The first-order chi connectivity index (χ1) is 11.8. The second kappa shape index (κ2) is 9.59. The molecule has 24 heavy (non-hydrogen) atoms. The lowest BCUT2D eigenvalue weighted by Crippen LogP contribution is -2.25. The Kier molecular flexibility index (Phi) is 7.49. The topological polar surface area (TPSA) is 0 Å². The molecule has 0 N–H and O–H groups in total. The van der Waals surface area contributed by atoms with Gasteiger partial charge in [0.05, 0.1) is 0 Å². The summed E-state index contributed by atoms with van der Waals surface area (Å²) in [6.45, 7) is 2.32. The van der Waals surface area contributed by atoms with Crippen LogP contribution < -0.4 is 0 Å². The van der Waals surface area contributed by atoms with Crippen molar-refractivity contribution >= 4 is 22.6 Å². The first-order valence-electron chi connectivity index (χ1n) is 10.5. The molecular weight excluding hydrogens is 403 g/mol. The fraction of sp³-hybridized carbons (Fsp3) is 0.739. The van der Waals surface area contributed by atoms with Crippen molar-refractivity contribution in [2.24, 2.45) is 17.8 Å². The average molecular weight is 438 g/mol. The van der Waals surface area contributed by atoms with Gasteiger partial charge in [0.1, 0.15) is 0 Å². The second-order valence-electron chi connectivity index (χ2n) is 8.44. The van der Waals surface area contributed by atoms with Crippen LogP contribution in [0.5, 0.6) is 0 Å². The highest BCUT2D eigenvalue weighted by atomic mass is 127. The minimum Gasteiger partial charge on any atom is -0.0654 e. The molecule has 2 saturated carbocycles. The number of unbranched alkanes of at least 4 members (excludes halogenated alkanes) is 2. The number of hydrogen-bond acceptors (Lipinski definition) is 0. The summed E-state index contributed by atoms with van der Waals surface area (Å²) in [5, 5.41) is 0. The highest BCUT2D eigenvalue weighted by Crippen LogP contribution is 2.44. The molecule has 0 spiro atoms. The van der Waals surface area contributed by atoms with E-state index < -0.39 is 0 Å². The first-order valence-corrected chi connectivity index (χ1v) is 11.6. The highest BCUT2D eigenvalue weighted by molar-refractivity contribution is 14.1. The molecule has 1 aromatic carbocycles. The molecule has 0 atom stereocenters. The van der Waals surface area contributed by atoms with E-state index in [0.29, 0.717) is 0 Å². The zero-order valence-corrected chi connectivity index (χ0v) is 17.6. The second-order valence-corrected chi connectivity index (χ2v) is 9.69. The van der Waals surface area contributed by atoms with Crippen LogP contribution in [-0.4, -0.2) is 0 Å². The van der Waals surface area contributed by atoms with Crippen LogP contribution in [0.4, 0.5) is 0 Å². The highest BCUT2D eigenvalue weighted by Gasteiger charge is 2.31. The quantitative estimate of drug-likeness (QED) is 0.312. The molecule has 2 fully saturated rings. The summed E-state index contributed by atoms with van der Waals surface area (Å²) >= 11 is 2.41. The lowest BCUT2D eigenvalue weighted by Gasteiger charge is -2.38. The Morgan fingerprint density at radius 1 is 0.792 bits per heavy atom. The molecule has 0 radical (unpaired) electrons. The predicted molar refractivity (Wildman–Crippen MR) is 113 cm³/mol. The number of benzene rings is 1. The minimum absolute atomic E-state index is 0.837. The molecule has 1 heteroatoms. The zero-order valence-electron chi connectivity index (χ0n) is 15.5. The maximum atomic E-state index is 2.41. The maximum absolute atomic E-state index is 2.41. The van der Waals surface area contributed by atoms with E-state index in [1.54, 1.807) is 5.56 Å². The molecule has 3 rings (SSSR count). The van der Waals surface area contributed by atoms with Gasteiger partial charge in [0.25, 0.3) is 0 Å². The van der Waals surface area contributed by atoms with Crippen molar-refractivity contribution in [3.05, 3.63) is 33.4 Å². The van der Waals surface area contributed by atoms with Gasteiger partial charge < -0.3 is 0 Å². The van der Waals surface area contributed by atoms with Gasteiger partial charge in [-0.3, -0.25) is 0 Å². The fourth-order valence-electron chi connectivity index (χ4n) is 5.29. The molecule has 2 aliphatic rings. The van der Waals surface area contributed by atoms with Crippen molar-refractivity contribution < 1.29 is 0 Å². The van der Waals surface area contributed by atoms with Gasteiger partial charge >= 0.3 is 0 Å². The van der Waals surface area contributed by atoms with Gasteiger partial charge in [-0.15, -0.1) is 0 Å². The maximum Gasteiger partial charge on any atom is 0.0130 e. The first kappa shape index (κ1) is 18.7. The molecule has 0 amide bonds. The van der Waals surface area contributed by atoms with Crippen LogP contribution in [0.15, 0.2) is 24.3 Å². The molecule has 1 aromatic rings.